The largest absolute Gasteiger partial charge is 0.487 e. The van der Waals surface area contributed by atoms with E-state index in [1.807, 2.05) is 56.3 Å². The van der Waals surface area contributed by atoms with Crippen LogP contribution in [0.1, 0.15) is 45.7 Å². The zero-order valence-electron chi connectivity index (χ0n) is 20.1. The van der Waals surface area contributed by atoms with Gasteiger partial charge in [-0.05, 0) is 67.4 Å². The molecule has 0 aliphatic heterocycles. The van der Waals surface area contributed by atoms with Crippen LogP contribution >= 0.6 is 0 Å². The van der Waals surface area contributed by atoms with Crippen molar-refractivity contribution in [2.75, 3.05) is 7.11 Å². The van der Waals surface area contributed by atoms with Crippen molar-refractivity contribution in [3.63, 3.8) is 0 Å². The molecule has 0 unspecified atom stereocenters. The molecular formula is C25H36O5Si. The Morgan fingerprint density at radius 2 is 1.58 bits per heavy atom. The molecule has 0 radical (unpaired) electrons. The Bertz CT molecular complexity index is 866. The molecule has 0 N–H and O–H groups in total. The average molecular weight is 445 g/mol. The van der Waals surface area contributed by atoms with Crippen molar-refractivity contribution < 1.29 is 23.4 Å². The molecule has 0 heterocycles. The number of hydrogen-bond acceptors (Lipinski definition) is 5. The summed E-state index contributed by atoms with van der Waals surface area (Å²) in [5, 5.41) is 0.152. The summed E-state index contributed by atoms with van der Waals surface area (Å²) in [6.07, 6.45) is 0.262. The summed E-state index contributed by atoms with van der Waals surface area (Å²) in [6.45, 7) is 15.7. The summed E-state index contributed by atoms with van der Waals surface area (Å²) in [5.41, 5.74) is 1.91. The van der Waals surface area contributed by atoms with Crippen LogP contribution in [0.15, 0.2) is 42.5 Å². The molecule has 0 aliphatic rings. The first kappa shape index (κ1) is 25.0. The van der Waals surface area contributed by atoms with Gasteiger partial charge in [-0.3, -0.25) is 4.79 Å². The summed E-state index contributed by atoms with van der Waals surface area (Å²) >= 11 is 0. The Kier molecular flexibility index (Phi) is 8.32. The molecule has 0 atom stereocenters. The van der Waals surface area contributed by atoms with Crippen molar-refractivity contribution in [3.8, 4) is 17.2 Å². The molecule has 0 aromatic heterocycles. The minimum atomic E-state index is -1.85. The summed E-state index contributed by atoms with van der Waals surface area (Å²) < 4.78 is 23.2. The van der Waals surface area contributed by atoms with Crippen LogP contribution in [0.3, 0.4) is 0 Å². The summed E-state index contributed by atoms with van der Waals surface area (Å²) in [7, 11) is -0.465. The Labute approximate surface area is 187 Å². The third-order valence-corrected chi connectivity index (χ3v) is 9.98. The molecule has 31 heavy (non-hydrogen) atoms. The number of ether oxygens (including phenoxy) is 3. The molecule has 170 valence electrons. The molecule has 0 bridgehead atoms. The van der Waals surface area contributed by atoms with Gasteiger partial charge in [-0.25, -0.2) is 0 Å². The Morgan fingerprint density at radius 1 is 0.968 bits per heavy atom. The first-order chi connectivity index (χ1) is 14.4. The Balaban J connectivity index is 2.21. The van der Waals surface area contributed by atoms with Crippen LogP contribution in [0.5, 0.6) is 17.2 Å². The summed E-state index contributed by atoms with van der Waals surface area (Å²) in [6, 6.07) is 13.3. The van der Waals surface area contributed by atoms with E-state index in [1.54, 1.807) is 0 Å². The van der Waals surface area contributed by atoms with Gasteiger partial charge in [-0.1, -0.05) is 39.0 Å². The van der Waals surface area contributed by atoms with Gasteiger partial charge in [0.2, 0.25) is 0 Å². The lowest BCUT2D eigenvalue weighted by Crippen LogP contribution is -2.40. The first-order valence-corrected chi connectivity index (χ1v) is 13.6. The van der Waals surface area contributed by atoms with E-state index >= 15 is 0 Å². The molecular weight excluding hydrogens is 408 g/mol. The van der Waals surface area contributed by atoms with Gasteiger partial charge < -0.3 is 18.6 Å². The van der Waals surface area contributed by atoms with Crippen LogP contribution in [0.4, 0.5) is 0 Å². The number of carbonyl (C=O) groups is 1. The van der Waals surface area contributed by atoms with Gasteiger partial charge in [-0.2, -0.15) is 0 Å². The predicted octanol–water partition coefficient (Wildman–Crippen LogP) is 6.50. The van der Waals surface area contributed by atoms with E-state index in [0.29, 0.717) is 23.9 Å². The highest BCUT2D eigenvalue weighted by Crippen LogP contribution is 2.38. The SMILES string of the molecule is COC(=O)Cc1ccc(Oc2cc(CO[Si](C)(C)C(C)(C)C)ccc2OC(C)C)cc1. The van der Waals surface area contributed by atoms with Crippen molar-refractivity contribution in [3.05, 3.63) is 53.6 Å². The van der Waals surface area contributed by atoms with E-state index in [1.165, 1.54) is 7.11 Å². The van der Waals surface area contributed by atoms with Crippen LogP contribution in [-0.4, -0.2) is 27.5 Å². The maximum absolute atomic E-state index is 11.5. The monoisotopic (exact) mass is 444 g/mol. The minimum Gasteiger partial charge on any atom is -0.487 e. The highest BCUT2D eigenvalue weighted by atomic mass is 28.4. The third-order valence-electron chi connectivity index (χ3n) is 5.50. The van der Waals surface area contributed by atoms with E-state index in [4.69, 9.17) is 18.6 Å². The molecule has 0 amide bonds. The molecule has 6 heteroatoms. The van der Waals surface area contributed by atoms with Gasteiger partial charge in [0.25, 0.3) is 0 Å². The quantitative estimate of drug-likeness (QED) is 0.326. The van der Waals surface area contributed by atoms with Gasteiger partial charge in [-0.15, -0.1) is 0 Å². The van der Waals surface area contributed by atoms with Crippen molar-refractivity contribution in [1.29, 1.82) is 0 Å². The summed E-state index contributed by atoms with van der Waals surface area (Å²) in [5.74, 6) is 1.73. The van der Waals surface area contributed by atoms with Gasteiger partial charge in [0, 0.05) is 0 Å². The van der Waals surface area contributed by atoms with Crippen LogP contribution in [-0.2, 0) is 27.0 Å². The van der Waals surface area contributed by atoms with Crippen molar-refractivity contribution >= 4 is 14.3 Å². The fourth-order valence-corrected chi connectivity index (χ4v) is 3.56. The van der Waals surface area contributed by atoms with Crippen LogP contribution in [0, 0.1) is 0 Å². The first-order valence-electron chi connectivity index (χ1n) is 10.7. The van der Waals surface area contributed by atoms with E-state index in [2.05, 4.69) is 33.9 Å². The van der Waals surface area contributed by atoms with E-state index in [9.17, 15) is 4.79 Å². The zero-order chi connectivity index (χ0) is 23.2. The van der Waals surface area contributed by atoms with Crippen LogP contribution < -0.4 is 9.47 Å². The molecule has 2 aromatic carbocycles. The van der Waals surface area contributed by atoms with Crippen molar-refractivity contribution in [2.45, 2.75) is 71.9 Å². The minimum absolute atomic E-state index is 0.0270. The summed E-state index contributed by atoms with van der Waals surface area (Å²) in [4.78, 5) is 11.5. The molecule has 2 aromatic rings. The lowest BCUT2D eigenvalue weighted by atomic mass is 10.1. The number of rotatable bonds is 9. The predicted molar refractivity (Wildman–Crippen MR) is 126 cm³/mol. The van der Waals surface area contributed by atoms with E-state index in [0.717, 1.165) is 11.1 Å². The lowest BCUT2D eigenvalue weighted by molar-refractivity contribution is -0.139. The van der Waals surface area contributed by atoms with Gasteiger partial charge in [0.05, 0.1) is 26.2 Å². The highest BCUT2D eigenvalue weighted by molar-refractivity contribution is 6.74. The third kappa shape index (κ3) is 7.40. The maximum atomic E-state index is 11.5. The number of esters is 1. The highest BCUT2D eigenvalue weighted by Gasteiger charge is 2.37. The Morgan fingerprint density at radius 3 is 2.13 bits per heavy atom. The Hall–Kier alpha value is -2.31. The molecule has 0 aliphatic carbocycles. The van der Waals surface area contributed by atoms with Crippen molar-refractivity contribution in [2.24, 2.45) is 0 Å². The van der Waals surface area contributed by atoms with Gasteiger partial charge in [0.15, 0.2) is 19.8 Å². The second-order valence-electron chi connectivity index (χ2n) is 9.50. The molecule has 0 fully saturated rings. The smallest absolute Gasteiger partial charge is 0.309 e. The molecule has 2 rings (SSSR count). The van der Waals surface area contributed by atoms with Crippen LogP contribution in [0.2, 0.25) is 18.1 Å². The molecule has 5 nitrogen and oxygen atoms in total. The number of hydrogen-bond donors (Lipinski definition) is 0. The molecule has 0 saturated heterocycles. The topological polar surface area (TPSA) is 54.0 Å². The zero-order valence-corrected chi connectivity index (χ0v) is 21.1. The van der Waals surface area contributed by atoms with E-state index in [-0.39, 0.29) is 23.5 Å². The number of benzene rings is 2. The fourth-order valence-electron chi connectivity index (χ4n) is 2.59. The normalized spacial score (nSPS) is 12.0. The van der Waals surface area contributed by atoms with Gasteiger partial charge in [0.1, 0.15) is 5.75 Å². The average Bonchev–Trinajstić information content (AvgIpc) is 2.68. The standard InChI is InChI=1S/C25H36O5Si/c1-18(2)29-22-14-11-20(17-28-31(7,8)25(3,4)5)15-23(22)30-21-12-9-19(10-13-21)16-24(26)27-6/h9-15,18H,16-17H2,1-8H3. The second-order valence-corrected chi connectivity index (χ2v) is 14.3. The van der Waals surface area contributed by atoms with Crippen LogP contribution in [0.25, 0.3) is 0 Å². The maximum Gasteiger partial charge on any atom is 0.309 e. The number of carbonyl (C=O) groups excluding carboxylic acids is 1. The lowest BCUT2D eigenvalue weighted by Gasteiger charge is -2.36. The fraction of sp³-hybridized carbons (Fsp3) is 0.480. The molecule has 0 spiro atoms. The van der Waals surface area contributed by atoms with E-state index < -0.39 is 8.32 Å². The molecule has 0 saturated carbocycles. The van der Waals surface area contributed by atoms with Crippen molar-refractivity contribution in [1.82, 2.24) is 0 Å². The van der Waals surface area contributed by atoms with Gasteiger partial charge >= 0.3 is 5.97 Å². The number of methoxy groups -OCH3 is 1. The second kappa shape index (κ2) is 10.3.